The Balaban J connectivity index is 2.12. The lowest BCUT2D eigenvalue weighted by molar-refractivity contribution is 0.0915. The summed E-state index contributed by atoms with van der Waals surface area (Å²) in [5.41, 5.74) is 1.23. The number of nitrogens with one attached hydrogen (secondary N) is 1. The summed E-state index contributed by atoms with van der Waals surface area (Å²) in [7, 11) is 0. The fourth-order valence-electron chi connectivity index (χ4n) is 1.99. The van der Waals surface area contributed by atoms with Gasteiger partial charge in [-0.2, -0.15) is 16.4 Å². The lowest BCUT2D eigenvalue weighted by atomic mass is 10.1. The minimum Gasteiger partial charge on any atom is -0.394 e. The first-order chi connectivity index (χ1) is 10.7. The second-order valence-electron chi connectivity index (χ2n) is 4.82. The number of benzene rings is 1. The zero-order valence-corrected chi connectivity index (χ0v) is 13.4. The van der Waals surface area contributed by atoms with Crippen LogP contribution in [-0.2, 0) is 0 Å². The third-order valence-electron chi connectivity index (χ3n) is 3.20. The Kier molecular flexibility index (Phi) is 5.91. The van der Waals surface area contributed by atoms with Gasteiger partial charge >= 0.3 is 0 Å². The molecule has 0 radical (unpaired) electrons. The highest BCUT2D eigenvalue weighted by atomic mass is 32.2. The van der Waals surface area contributed by atoms with E-state index in [-0.39, 0.29) is 18.6 Å². The Morgan fingerprint density at radius 3 is 2.95 bits per heavy atom. The van der Waals surface area contributed by atoms with E-state index in [1.165, 1.54) is 0 Å². The number of nitrogens with zero attached hydrogens (tertiary/aromatic N) is 4. The Morgan fingerprint density at radius 2 is 2.32 bits per heavy atom. The number of amides is 1. The molecular formula is C14H19N5O2S. The molecule has 0 aliphatic rings. The molecule has 1 heterocycles. The molecule has 1 atom stereocenters. The summed E-state index contributed by atoms with van der Waals surface area (Å²) in [5.74, 6) is 1.31. The van der Waals surface area contributed by atoms with E-state index in [0.717, 1.165) is 17.9 Å². The van der Waals surface area contributed by atoms with Gasteiger partial charge in [0.15, 0.2) is 5.82 Å². The van der Waals surface area contributed by atoms with Gasteiger partial charge in [0, 0.05) is 5.56 Å². The number of tetrazole rings is 1. The maximum atomic E-state index is 12.3. The van der Waals surface area contributed by atoms with Crippen molar-refractivity contribution in [3.05, 3.63) is 35.7 Å². The van der Waals surface area contributed by atoms with E-state index < -0.39 is 0 Å². The molecular weight excluding hydrogens is 302 g/mol. The van der Waals surface area contributed by atoms with E-state index in [0.29, 0.717) is 11.4 Å². The Labute approximate surface area is 133 Å². The van der Waals surface area contributed by atoms with Gasteiger partial charge in [-0.25, -0.2) is 0 Å². The number of thioether (sulfide) groups is 1. The van der Waals surface area contributed by atoms with Crippen LogP contribution in [0.2, 0.25) is 0 Å². The summed E-state index contributed by atoms with van der Waals surface area (Å²) in [6.45, 7) is 1.72. The predicted molar refractivity (Wildman–Crippen MR) is 85.2 cm³/mol. The van der Waals surface area contributed by atoms with Crippen molar-refractivity contribution in [2.45, 2.75) is 19.4 Å². The molecule has 0 unspecified atom stereocenters. The van der Waals surface area contributed by atoms with Crippen molar-refractivity contribution in [2.24, 2.45) is 0 Å². The van der Waals surface area contributed by atoms with E-state index in [9.17, 15) is 9.90 Å². The molecule has 1 amide bonds. The van der Waals surface area contributed by atoms with E-state index >= 15 is 0 Å². The molecule has 2 N–H and O–H groups in total. The standard InChI is InChI=1S/C14H19N5O2S/c1-10-16-17-18-19(10)13-5-3-4-11(8-13)14(21)15-12(9-20)6-7-22-2/h3-5,8,12,20H,6-7,9H2,1-2H3,(H,15,21)/t12-/m0/s1. The number of rotatable bonds is 7. The summed E-state index contributed by atoms with van der Waals surface area (Å²) in [6, 6.07) is 6.82. The largest absolute Gasteiger partial charge is 0.394 e. The first kappa shape index (κ1) is 16.4. The van der Waals surface area contributed by atoms with Gasteiger partial charge in [0.05, 0.1) is 18.3 Å². The number of aliphatic hydroxyl groups excluding tert-OH is 1. The molecule has 0 aliphatic carbocycles. The summed E-state index contributed by atoms with van der Waals surface area (Å²) in [4.78, 5) is 12.3. The highest BCUT2D eigenvalue weighted by Crippen LogP contribution is 2.11. The highest BCUT2D eigenvalue weighted by molar-refractivity contribution is 7.98. The maximum Gasteiger partial charge on any atom is 0.251 e. The van der Waals surface area contributed by atoms with Crippen LogP contribution in [0.15, 0.2) is 24.3 Å². The van der Waals surface area contributed by atoms with Gasteiger partial charge in [-0.05, 0) is 54.0 Å². The van der Waals surface area contributed by atoms with Crippen molar-refractivity contribution >= 4 is 17.7 Å². The van der Waals surface area contributed by atoms with Crippen LogP contribution in [0.25, 0.3) is 5.69 Å². The smallest absolute Gasteiger partial charge is 0.251 e. The van der Waals surface area contributed by atoms with Crippen molar-refractivity contribution in [1.82, 2.24) is 25.5 Å². The van der Waals surface area contributed by atoms with Gasteiger partial charge in [-0.1, -0.05) is 6.07 Å². The zero-order chi connectivity index (χ0) is 15.9. The van der Waals surface area contributed by atoms with Crippen LogP contribution in [0.4, 0.5) is 0 Å². The number of aromatic nitrogens is 4. The van der Waals surface area contributed by atoms with Gasteiger partial charge in [0.1, 0.15) is 0 Å². The molecule has 0 saturated carbocycles. The molecule has 1 aromatic heterocycles. The first-order valence-corrected chi connectivity index (χ1v) is 8.31. The van der Waals surface area contributed by atoms with Crippen LogP contribution in [0.5, 0.6) is 0 Å². The number of hydrogen-bond donors (Lipinski definition) is 2. The summed E-state index contributed by atoms with van der Waals surface area (Å²) < 4.78 is 1.56. The molecule has 0 fully saturated rings. The Bertz CT molecular complexity index is 631. The minimum absolute atomic E-state index is 0.0713. The number of aliphatic hydroxyl groups is 1. The monoisotopic (exact) mass is 321 g/mol. The molecule has 0 spiro atoms. The van der Waals surface area contributed by atoms with Crippen molar-refractivity contribution in [1.29, 1.82) is 0 Å². The van der Waals surface area contributed by atoms with Crippen LogP contribution in [0, 0.1) is 6.92 Å². The van der Waals surface area contributed by atoms with Crippen molar-refractivity contribution in [3.8, 4) is 5.69 Å². The van der Waals surface area contributed by atoms with Crippen LogP contribution in [0.3, 0.4) is 0 Å². The van der Waals surface area contributed by atoms with E-state index in [1.54, 1.807) is 41.6 Å². The van der Waals surface area contributed by atoms with Crippen molar-refractivity contribution in [2.75, 3.05) is 18.6 Å². The van der Waals surface area contributed by atoms with Crippen LogP contribution in [0.1, 0.15) is 22.6 Å². The Hall–Kier alpha value is -1.93. The molecule has 0 saturated heterocycles. The second kappa shape index (κ2) is 7.90. The molecule has 22 heavy (non-hydrogen) atoms. The molecule has 7 nitrogen and oxygen atoms in total. The zero-order valence-electron chi connectivity index (χ0n) is 12.6. The number of carbonyl (C=O) groups excluding carboxylic acids is 1. The molecule has 1 aromatic carbocycles. The van der Waals surface area contributed by atoms with Gasteiger partial charge in [-0.15, -0.1) is 5.10 Å². The number of carbonyl (C=O) groups is 1. The summed E-state index contributed by atoms with van der Waals surface area (Å²) in [5, 5.41) is 23.5. The lowest BCUT2D eigenvalue weighted by Crippen LogP contribution is -2.37. The first-order valence-electron chi connectivity index (χ1n) is 6.91. The normalized spacial score (nSPS) is 12.1. The SMILES string of the molecule is CSCC[C@@H](CO)NC(=O)c1cccc(-n2nnnc2C)c1. The van der Waals surface area contributed by atoms with E-state index in [2.05, 4.69) is 20.8 Å². The predicted octanol–water partition coefficient (Wildman–Crippen LogP) is 0.815. The fourth-order valence-corrected chi connectivity index (χ4v) is 2.51. The summed E-state index contributed by atoms with van der Waals surface area (Å²) in [6.07, 6.45) is 2.73. The molecule has 8 heteroatoms. The minimum atomic E-state index is -0.238. The van der Waals surface area contributed by atoms with Gasteiger partial charge in [0.2, 0.25) is 0 Å². The average molecular weight is 321 g/mol. The molecule has 2 aromatic rings. The molecule has 118 valence electrons. The Morgan fingerprint density at radius 1 is 1.50 bits per heavy atom. The second-order valence-corrected chi connectivity index (χ2v) is 5.81. The third-order valence-corrected chi connectivity index (χ3v) is 3.85. The topological polar surface area (TPSA) is 92.9 Å². The molecule has 2 rings (SSSR count). The van der Waals surface area contributed by atoms with Crippen LogP contribution < -0.4 is 5.32 Å². The highest BCUT2D eigenvalue weighted by Gasteiger charge is 2.14. The van der Waals surface area contributed by atoms with Gasteiger partial charge < -0.3 is 10.4 Å². The van der Waals surface area contributed by atoms with Crippen molar-refractivity contribution < 1.29 is 9.90 Å². The van der Waals surface area contributed by atoms with Gasteiger partial charge in [-0.3, -0.25) is 4.79 Å². The lowest BCUT2D eigenvalue weighted by Gasteiger charge is -2.16. The maximum absolute atomic E-state index is 12.3. The quantitative estimate of drug-likeness (QED) is 0.784. The third kappa shape index (κ3) is 4.05. The fraction of sp³-hybridized carbons (Fsp3) is 0.429. The van der Waals surface area contributed by atoms with Crippen molar-refractivity contribution in [3.63, 3.8) is 0 Å². The van der Waals surface area contributed by atoms with E-state index in [4.69, 9.17) is 0 Å². The van der Waals surface area contributed by atoms with Crippen LogP contribution in [-0.4, -0.2) is 55.9 Å². The average Bonchev–Trinajstić information content (AvgIpc) is 2.97. The van der Waals surface area contributed by atoms with Crippen LogP contribution >= 0.6 is 11.8 Å². The molecule has 0 bridgehead atoms. The number of aryl methyl sites for hydroxylation is 1. The van der Waals surface area contributed by atoms with Gasteiger partial charge in [0.25, 0.3) is 5.91 Å². The number of hydrogen-bond acceptors (Lipinski definition) is 6. The molecule has 0 aliphatic heterocycles. The van der Waals surface area contributed by atoms with E-state index in [1.807, 2.05) is 12.3 Å². The summed E-state index contributed by atoms with van der Waals surface area (Å²) >= 11 is 1.68.